The summed E-state index contributed by atoms with van der Waals surface area (Å²) >= 11 is 3.54. The van der Waals surface area contributed by atoms with Crippen molar-refractivity contribution >= 4 is 34.2 Å². The van der Waals surface area contributed by atoms with Gasteiger partial charge in [-0.05, 0) is 55.8 Å². The van der Waals surface area contributed by atoms with E-state index in [-0.39, 0.29) is 23.7 Å². The summed E-state index contributed by atoms with van der Waals surface area (Å²) in [6.07, 6.45) is 6.22. The van der Waals surface area contributed by atoms with Crippen LogP contribution in [0.1, 0.15) is 37.7 Å². The third-order valence-corrected chi connectivity index (χ3v) is 5.28. The molecule has 1 aromatic carbocycles. The first-order valence-electron chi connectivity index (χ1n) is 7.91. The molecule has 3 nitrogen and oxygen atoms in total. The summed E-state index contributed by atoms with van der Waals surface area (Å²) in [6.45, 7) is 2.20. The zero-order valence-corrected chi connectivity index (χ0v) is 15.1. The van der Waals surface area contributed by atoms with Crippen LogP contribution in [-0.4, -0.2) is 25.5 Å². The average Bonchev–Trinajstić information content (AvgIpc) is 3.22. The molecule has 2 aliphatic carbocycles. The van der Waals surface area contributed by atoms with Crippen LogP contribution in [0.5, 0.6) is 0 Å². The fourth-order valence-corrected chi connectivity index (χ4v) is 3.43. The highest BCUT2D eigenvalue weighted by atomic mass is 79.9. The van der Waals surface area contributed by atoms with Crippen LogP contribution in [0.25, 0.3) is 0 Å². The molecule has 0 radical (unpaired) electrons. The molecule has 0 aromatic heterocycles. The van der Waals surface area contributed by atoms with Crippen molar-refractivity contribution in [1.82, 2.24) is 10.6 Å². The van der Waals surface area contributed by atoms with Gasteiger partial charge in [0.15, 0.2) is 0 Å². The topological polar surface area (TPSA) is 41.1 Å². The van der Waals surface area contributed by atoms with E-state index in [9.17, 15) is 4.79 Å². The summed E-state index contributed by atoms with van der Waals surface area (Å²) in [5, 5.41) is 6.37. The quantitative estimate of drug-likeness (QED) is 0.753. The zero-order chi connectivity index (χ0) is 14.7. The SMILES string of the molecule is Cl.O=C(CNCC1CC1)NCC1(c2cccc(Br)c2)CCC1. The van der Waals surface area contributed by atoms with Crippen molar-refractivity contribution in [2.24, 2.45) is 5.92 Å². The monoisotopic (exact) mass is 386 g/mol. The Balaban J connectivity index is 0.00000176. The summed E-state index contributed by atoms with van der Waals surface area (Å²) in [6, 6.07) is 8.51. The van der Waals surface area contributed by atoms with E-state index < -0.39 is 0 Å². The standard InChI is InChI=1S/C17H23BrN2O.ClH/c18-15-4-1-3-14(9-15)17(7-2-8-17)12-20-16(21)11-19-10-13-5-6-13;/h1,3-4,9,13,19H,2,5-8,10-12H2,(H,20,21);1H. The third-order valence-electron chi connectivity index (χ3n) is 4.79. The second kappa shape index (κ2) is 7.80. The van der Waals surface area contributed by atoms with Crippen LogP contribution in [0.4, 0.5) is 0 Å². The molecule has 22 heavy (non-hydrogen) atoms. The molecule has 1 aromatic rings. The molecule has 0 atom stereocenters. The first-order chi connectivity index (χ1) is 10.2. The van der Waals surface area contributed by atoms with Crippen LogP contribution in [0, 0.1) is 5.92 Å². The molecule has 3 rings (SSSR count). The molecular formula is C17H24BrClN2O. The van der Waals surface area contributed by atoms with Gasteiger partial charge in [-0.3, -0.25) is 4.79 Å². The van der Waals surface area contributed by atoms with E-state index in [1.165, 1.54) is 37.7 Å². The average molecular weight is 388 g/mol. The lowest BCUT2D eigenvalue weighted by Gasteiger charge is -2.42. The van der Waals surface area contributed by atoms with E-state index in [2.05, 4.69) is 50.8 Å². The van der Waals surface area contributed by atoms with E-state index in [0.717, 1.165) is 23.5 Å². The van der Waals surface area contributed by atoms with Crippen molar-refractivity contribution in [3.63, 3.8) is 0 Å². The van der Waals surface area contributed by atoms with Gasteiger partial charge >= 0.3 is 0 Å². The molecule has 2 N–H and O–H groups in total. The number of carbonyl (C=O) groups excluding carboxylic acids is 1. The molecular weight excluding hydrogens is 364 g/mol. The number of halogens is 2. The number of benzene rings is 1. The maximum Gasteiger partial charge on any atom is 0.233 e. The van der Waals surface area contributed by atoms with Crippen molar-refractivity contribution < 1.29 is 4.79 Å². The number of rotatable bonds is 7. The van der Waals surface area contributed by atoms with E-state index in [1.807, 2.05) is 0 Å². The summed E-state index contributed by atoms with van der Waals surface area (Å²) in [7, 11) is 0. The number of carbonyl (C=O) groups is 1. The van der Waals surface area contributed by atoms with Crippen molar-refractivity contribution in [2.45, 2.75) is 37.5 Å². The summed E-state index contributed by atoms with van der Waals surface area (Å²) in [5.74, 6) is 0.939. The highest BCUT2D eigenvalue weighted by molar-refractivity contribution is 9.10. The van der Waals surface area contributed by atoms with E-state index >= 15 is 0 Å². The second-order valence-electron chi connectivity index (χ2n) is 6.50. The van der Waals surface area contributed by atoms with Crippen molar-refractivity contribution in [3.05, 3.63) is 34.3 Å². The van der Waals surface area contributed by atoms with Crippen LogP contribution in [0.2, 0.25) is 0 Å². The Kier molecular flexibility index (Phi) is 6.30. The first-order valence-corrected chi connectivity index (χ1v) is 8.71. The Morgan fingerprint density at radius 2 is 2.09 bits per heavy atom. The Hall–Kier alpha value is -0.580. The predicted molar refractivity (Wildman–Crippen MR) is 95.5 cm³/mol. The maximum absolute atomic E-state index is 11.9. The molecule has 0 bridgehead atoms. The summed E-state index contributed by atoms with van der Waals surface area (Å²) < 4.78 is 1.11. The first kappa shape index (κ1) is 17.8. The van der Waals surface area contributed by atoms with Crippen LogP contribution in [-0.2, 0) is 10.2 Å². The molecule has 2 saturated carbocycles. The molecule has 0 aliphatic heterocycles. The molecule has 1 amide bonds. The fourth-order valence-electron chi connectivity index (χ4n) is 3.03. The van der Waals surface area contributed by atoms with Gasteiger partial charge in [-0.15, -0.1) is 12.4 Å². The lowest BCUT2D eigenvalue weighted by Crippen LogP contribution is -2.47. The van der Waals surface area contributed by atoms with Crippen molar-refractivity contribution in [2.75, 3.05) is 19.6 Å². The Bertz CT molecular complexity index is 515. The number of amides is 1. The molecule has 122 valence electrons. The van der Waals surface area contributed by atoms with Gasteiger partial charge in [0, 0.05) is 16.4 Å². The second-order valence-corrected chi connectivity index (χ2v) is 7.41. The van der Waals surface area contributed by atoms with Crippen molar-refractivity contribution in [3.8, 4) is 0 Å². The van der Waals surface area contributed by atoms with E-state index in [1.54, 1.807) is 0 Å². The lowest BCUT2D eigenvalue weighted by atomic mass is 9.64. The van der Waals surface area contributed by atoms with Crippen LogP contribution < -0.4 is 10.6 Å². The Morgan fingerprint density at radius 3 is 2.68 bits per heavy atom. The van der Waals surface area contributed by atoms with Crippen LogP contribution in [0.15, 0.2) is 28.7 Å². The molecule has 0 heterocycles. The summed E-state index contributed by atoms with van der Waals surface area (Å²) in [4.78, 5) is 11.9. The van der Waals surface area contributed by atoms with Crippen LogP contribution in [0.3, 0.4) is 0 Å². The summed E-state index contributed by atoms with van der Waals surface area (Å²) in [5.41, 5.74) is 1.49. The van der Waals surface area contributed by atoms with Gasteiger partial charge < -0.3 is 10.6 Å². The maximum atomic E-state index is 11.9. The van der Waals surface area contributed by atoms with Gasteiger partial charge in [0.25, 0.3) is 0 Å². The normalized spacial score (nSPS) is 19.0. The van der Waals surface area contributed by atoms with Gasteiger partial charge in [0.05, 0.1) is 6.54 Å². The lowest BCUT2D eigenvalue weighted by molar-refractivity contribution is -0.120. The third kappa shape index (κ3) is 4.46. The Morgan fingerprint density at radius 1 is 1.32 bits per heavy atom. The largest absolute Gasteiger partial charge is 0.354 e. The minimum atomic E-state index is 0. The fraction of sp³-hybridized carbons (Fsp3) is 0.588. The minimum Gasteiger partial charge on any atom is -0.354 e. The van der Waals surface area contributed by atoms with Gasteiger partial charge in [0.1, 0.15) is 0 Å². The van der Waals surface area contributed by atoms with E-state index in [4.69, 9.17) is 0 Å². The van der Waals surface area contributed by atoms with Crippen LogP contribution >= 0.6 is 28.3 Å². The Labute approximate surface area is 147 Å². The highest BCUT2D eigenvalue weighted by Crippen LogP contribution is 2.43. The van der Waals surface area contributed by atoms with Gasteiger partial charge in [-0.25, -0.2) is 0 Å². The molecule has 5 heteroatoms. The van der Waals surface area contributed by atoms with Gasteiger partial charge in [0.2, 0.25) is 5.91 Å². The molecule has 0 unspecified atom stereocenters. The number of hydrogen-bond donors (Lipinski definition) is 2. The number of hydrogen-bond acceptors (Lipinski definition) is 2. The molecule has 0 spiro atoms. The van der Waals surface area contributed by atoms with E-state index in [0.29, 0.717) is 6.54 Å². The zero-order valence-electron chi connectivity index (χ0n) is 12.7. The smallest absolute Gasteiger partial charge is 0.233 e. The minimum absolute atomic E-state index is 0. The van der Waals surface area contributed by atoms with Gasteiger partial charge in [-0.2, -0.15) is 0 Å². The predicted octanol–water partition coefficient (Wildman–Crippen LogP) is 3.41. The molecule has 2 aliphatic rings. The van der Waals surface area contributed by atoms with Gasteiger partial charge in [-0.1, -0.05) is 34.5 Å². The van der Waals surface area contributed by atoms with Crippen molar-refractivity contribution in [1.29, 1.82) is 0 Å². The molecule has 2 fully saturated rings. The number of nitrogens with one attached hydrogen (secondary N) is 2. The molecule has 0 saturated heterocycles. The highest BCUT2D eigenvalue weighted by Gasteiger charge is 2.38.